The molecule has 0 unspecified atom stereocenters. The molecule has 1 aromatic carbocycles. The summed E-state index contributed by atoms with van der Waals surface area (Å²) in [7, 11) is 0. The van der Waals surface area contributed by atoms with Crippen LogP contribution in [0, 0.1) is 5.82 Å². The van der Waals surface area contributed by atoms with Crippen molar-refractivity contribution in [2.24, 2.45) is 0 Å². The van der Waals surface area contributed by atoms with E-state index in [1.54, 1.807) is 18.2 Å². The number of para-hydroxylation sites is 1. The highest BCUT2D eigenvalue weighted by Gasteiger charge is 2.19. The van der Waals surface area contributed by atoms with E-state index in [-0.39, 0.29) is 5.82 Å². The van der Waals surface area contributed by atoms with Crippen molar-refractivity contribution in [1.82, 2.24) is 0 Å². The van der Waals surface area contributed by atoms with Gasteiger partial charge in [-0.25, -0.2) is 4.39 Å². The molecule has 0 atom stereocenters. The lowest BCUT2D eigenvalue weighted by Gasteiger charge is -2.35. The summed E-state index contributed by atoms with van der Waals surface area (Å²) in [5.74, 6) is 0.0967. The fraction of sp³-hybridized carbons (Fsp3) is 0.647. The number of rotatable bonds is 10. The molecular formula is C17H29FNO+. The van der Waals surface area contributed by atoms with Gasteiger partial charge in [0.15, 0.2) is 11.6 Å². The second-order valence-corrected chi connectivity index (χ2v) is 5.35. The zero-order chi connectivity index (χ0) is 14.8. The van der Waals surface area contributed by atoms with Gasteiger partial charge in [0.25, 0.3) is 0 Å². The summed E-state index contributed by atoms with van der Waals surface area (Å²) < 4.78 is 20.0. The second-order valence-electron chi connectivity index (χ2n) is 5.35. The molecule has 0 aliphatic carbocycles. The van der Waals surface area contributed by atoms with E-state index >= 15 is 0 Å². The topological polar surface area (TPSA) is 9.23 Å². The lowest BCUT2D eigenvalue weighted by molar-refractivity contribution is -0.923. The number of nitrogens with zero attached hydrogens (tertiary/aromatic N) is 1. The van der Waals surface area contributed by atoms with Crippen LogP contribution in [0.5, 0.6) is 5.75 Å². The molecule has 0 radical (unpaired) electrons. The van der Waals surface area contributed by atoms with Gasteiger partial charge in [-0.2, -0.15) is 0 Å². The summed E-state index contributed by atoms with van der Waals surface area (Å²) in [5, 5.41) is 0. The van der Waals surface area contributed by atoms with E-state index in [2.05, 4.69) is 20.8 Å². The quantitative estimate of drug-likeness (QED) is 0.460. The first-order chi connectivity index (χ1) is 9.67. The van der Waals surface area contributed by atoms with Gasteiger partial charge in [0.2, 0.25) is 0 Å². The Morgan fingerprint density at radius 2 is 1.60 bits per heavy atom. The summed E-state index contributed by atoms with van der Waals surface area (Å²) >= 11 is 0. The van der Waals surface area contributed by atoms with Crippen molar-refractivity contribution < 1.29 is 13.6 Å². The van der Waals surface area contributed by atoms with Crippen LogP contribution >= 0.6 is 0 Å². The first kappa shape index (κ1) is 17.0. The Morgan fingerprint density at radius 3 is 2.20 bits per heavy atom. The van der Waals surface area contributed by atoms with Crippen molar-refractivity contribution in [2.75, 3.05) is 32.8 Å². The van der Waals surface area contributed by atoms with Crippen LogP contribution in [0.2, 0.25) is 0 Å². The fourth-order valence-electron chi connectivity index (χ4n) is 2.62. The Labute approximate surface area is 123 Å². The van der Waals surface area contributed by atoms with Crippen molar-refractivity contribution >= 4 is 0 Å². The number of unbranched alkanes of at least 4 members (excludes halogenated alkanes) is 2. The summed E-state index contributed by atoms with van der Waals surface area (Å²) in [5.41, 5.74) is 0. The van der Waals surface area contributed by atoms with E-state index in [9.17, 15) is 4.39 Å². The largest absolute Gasteiger partial charge is 0.491 e. The number of ether oxygens (including phenoxy) is 1. The van der Waals surface area contributed by atoms with Crippen molar-refractivity contribution in [3.63, 3.8) is 0 Å². The highest BCUT2D eigenvalue weighted by molar-refractivity contribution is 5.23. The monoisotopic (exact) mass is 282 g/mol. The lowest BCUT2D eigenvalue weighted by atomic mass is 10.2. The third-order valence-electron chi connectivity index (χ3n) is 4.38. The smallest absolute Gasteiger partial charge is 0.165 e. The maximum absolute atomic E-state index is 13.3. The van der Waals surface area contributed by atoms with E-state index < -0.39 is 0 Å². The van der Waals surface area contributed by atoms with Crippen LogP contribution in [0.4, 0.5) is 4.39 Å². The standard InChI is InChI=1S/C17H29FNO/c1-4-19(5-2,6-3)14-10-7-11-15-20-17-13-9-8-12-16(17)18/h8-9,12-13H,4-7,10-11,14-15H2,1-3H3/q+1. The van der Waals surface area contributed by atoms with Gasteiger partial charge in [0.1, 0.15) is 0 Å². The Morgan fingerprint density at radius 1 is 0.950 bits per heavy atom. The molecule has 0 aliphatic rings. The average Bonchev–Trinajstić information content (AvgIpc) is 2.49. The lowest BCUT2D eigenvalue weighted by Crippen LogP contribution is -2.48. The first-order valence-corrected chi connectivity index (χ1v) is 7.90. The molecule has 0 bridgehead atoms. The van der Waals surface area contributed by atoms with E-state index in [0.29, 0.717) is 12.4 Å². The van der Waals surface area contributed by atoms with Gasteiger partial charge < -0.3 is 9.22 Å². The molecule has 1 aromatic rings. The van der Waals surface area contributed by atoms with Crippen LogP contribution < -0.4 is 4.74 Å². The summed E-state index contributed by atoms with van der Waals surface area (Å²) in [6.45, 7) is 12.3. The molecule has 0 aromatic heterocycles. The zero-order valence-electron chi connectivity index (χ0n) is 13.2. The number of halogens is 1. The summed E-state index contributed by atoms with van der Waals surface area (Å²) in [6.07, 6.45) is 3.36. The van der Waals surface area contributed by atoms with E-state index in [4.69, 9.17) is 4.74 Å². The molecule has 0 saturated carbocycles. The van der Waals surface area contributed by atoms with Crippen LogP contribution in [0.25, 0.3) is 0 Å². The molecule has 0 N–H and O–H groups in total. The fourth-order valence-corrected chi connectivity index (χ4v) is 2.62. The van der Waals surface area contributed by atoms with Crippen molar-refractivity contribution in [2.45, 2.75) is 40.0 Å². The predicted octanol–water partition coefficient (Wildman–Crippen LogP) is 4.25. The molecule has 0 fully saturated rings. The molecule has 0 amide bonds. The third-order valence-corrected chi connectivity index (χ3v) is 4.38. The van der Waals surface area contributed by atoms with Gasteiger partial charge in [0.05, 0.1) is 32.8 Å². The highest BCUT2D eigenvalue weighted by atomic mass is 19.1. The Hall–Kier alpha value is -1.09. The molecular weight excluding hydrogens is 253 g/mol. The first-order valence-electron chi connectivity index (χ1n) is 7.90. The van der Waals surface area contributed by atoms with Crippen LogP contribution in [-0.4, -0.2) is 37.3 Å². The molecule has 0 saturated heterocycles. The highest BCUT2D eigenvalue weighted by Crippen LogP contribution is 2.16. The van der Waals surface area contributed by atoms with Crippen molar-refractivity contribution in [3.8, 4) is 5.75 Å². The number of quaternary nitrogens is 1. The maximum Gasteiger partial charge on any atom is 0.165 e. The Bertz CT molecular complexity index is 369. The van der Waals surface area contributed by atoms with Gasteiger partial charge in [0, 0.05) is 0 Å². The molecule has 0 spiro atoms. The van der Waals surface area contributed by atoms with E-state index in [1.807, 2.05) is 0 Å². The van der Waals surface area contributed by atoms with Gasteiger partial charge >= 0.3 is 0 Å². The average molecular weight is 282 g/mol. The molecule has 114 valence electrons. The van der Waals surface area contributed by atoms with Crippen LogP contribution in [0.3, 0.4) is 0 Å². The molecule has 3 heteroatoms. The normalized spacial score (nSPS) is 11.6. The van der Waals surface area contributed by atoms with Gasteiger partial charge in [-0.15, -0.1) is 0 Å². The third kappa shape index (κ3) is 5.12. The Kier molecular flexibility index (Phi) is 7.60. The maximum atomic E-state index is 13.3. The van der Waals surface area contributed by atoms with Gasteiger partial charge in [-0.1, -0.05) is 12.1 Å². The van der Waals surface area contributed by atoms with E-state index in [1.165, 1.54) is 43.1 Å². The van der Waals surface area contributed by atoms with Crippen molar-refractivity contribution in [1.29, 1.82) is 0 Å². The predicted molar refractivity (Wildman–Crippen MR) is 82.5 cm³/mol. The minimum Gasteiger partial charge on any atom is -0.491 e. The number of benzene rings is 1. The summed E-state index contributed by atoms with van der Waals surface area (Å²) in [4.78, 5) is 0. The molecule has 2 nitrogen and oxygen atoms in total. The molecule has 1 rings (SSSR count). The minimum absolute atomic E-state index is 0.272. The second kappa shape index (κ2) is 8.96. The van der Waals surface area contributed by atoms with Crippen LogP contribution in [0.1, 0.15) is 40.0 Å². The van der Waals surface area contributed by atoms with Crippen LogP contribution in [-0.2, 0) is 0 Å². The summed E-state index contributed by atoms with van der Waals surface area (Å²) in [6, 6.07) is 6.60. The van der Waals surface area contributed by atoms with Gasteiger partial charge in [-0.05, 0) is 52.2 Å². The number of hydrogen-bond donors (Lipinski definition) is 0. The van der Waals surface area contributed by atoms with E-state index in [0.717, 1.165) is 12.8 Å². The molecule has 0 aliphatic heterocycles. The number of hydrogen-bond acceptors (Lipinski definition) is 1. The SMILES string of the molecule is CC[N+](CC)(CC)CCCCCOc1ccccc1F. The molecule has 0 heterocycles. The van der Waals surface area contributed by atoms with Crippen LogP contribution in [0.15, 0.2) is 24.3 Å². The van der Waals surface area contributed by atoms with Gasteiger partial charge in [-0.3, -0.25) is 0 Å². The molecule has 20 heavy (non-hydrogen) atoms. The minimum atomic E-state index is -0.272. The van der Waals surface area contributed by atoms with Crippen molar-refractivity contribution in [3.05, 3.63) is 30.1 Å². The zero-order valence-corrected chi connectivity index (χ0v) is 13.2. The Balaban J connectivity index is 2.18.